The maximum Gasteiger partial charge on any atom is 0.288 e. The summed E-state index contributed by atoms with van der Waals surface area (Å²) < 4.78 is 13.8. The quantitative estimate of drug-likeness (QED) is 0.601. The van der Waals surface area contributed by atoms with Crippen LogP contribution in [-0.2, 0) is 6.54 Å². The maximum atomic E-state index is 13.4. The number of nitrogens with one attached hydrogen (secondary N) is 1. The van der Waals surface area contributed by atoms with Gasteiger partial charge < -0.3 is 5.32 Å². The first-order chi connectivity index (χ1) is 9.88. The first kappa shape index (κ1) is 15.7. The molecule has 2 rings (SSSR count). The fourth-order valence-corrected chi connectivity index (χ4v) is 2.32. The van der Waals surface area contributed by atoms with Gasteiger partial charge in [-0.1, -0.05) is 17.7 Å². The second kappa shape index (κ2) is 6.41. The number of hydrogen-bond acceptors (Lipinski definition) is 3. The van der Waals surface area contributed by atoms with Crippen LogP contribution >= 0.6 is 27.5 Å². The fourth-order valence-electron chi connectivity index (χ4n) is 1.84. The van der Waals surface area contributed by atoms with Gasteiger partial charge in [-0.2, -0.15) is 0 Å². The molecule has 0 heterocycles. The van der Waals surface area contributed by atoms with Crippen molar-refractivity contribution in [3.05, 3.63) is 66.9 Å². The Kier molecular flexibility index (Phi) is 4.80. The van der Waals surface area contributed by atoms with Crippen LogP contribution in [0.15, 0.2) is 34.8 Å². The van der Waals surface area contributed by atoms with E-state index in [9.17, 15) is 14.5 Å². The molecule has 7 heteroatoms. The second-order valence-electron chi connectivity index (χ2n) is 4.48. The van der Waals surface area contributed by atoms with Gasteiger partial charge in [0.15, 0.2) is 0 Å². The number of nitro groups is 1. The van der Waals surface area contributed by atoms with Crippen molar-refractivity contribution in [2.45, 2.75) is 13.5 Å². The summed E-state index contributed by atoms with van der Waals surface area (Å²) in [7, 11) is 0. The molecule has 2 aromatic carbocycles. The molecule has 0 bridgehead atoms. The van der Waals surface area contributed by atoms with Crippen LogP contribution in [0, 0.1) is 22.9 Å². The van der Waals surface area contributed by atoms with Gasteiger partial charge in [-0.3, -0.25) is 10.1 Å². The predicted octanol–water partition coefficient (Wildman–Crippen LogP) is 5.07. The molecule has 0 unspecified atom stereocenters. The Morgan fingerprint density at radius 1 is 1.38 bits per heavy atom. The topological polar surface area (TPSA) is 55.2 Å². The number of rotatable bonds is 4. The van der Waals surface area contributed by atoms with E-state index in [-0.39, 0.29) is 16.5 Å². The Balaban J connectivity index is 2.18. The van der Waals surface area contributed by atoms with Crippen molar-refractivity contribution in [3.63, 3.8) is 0 Å². The summed E-state index contributed by atoms with van der Waals surface area (Å²) in [6, 6.07) is 7.74. The van der Waals surface area contributed by atoms with Crippen molar-refractivity contribution in [3.8, 4) is 0 Å². The van der Waals surface area contributed by atoms with Gasteiger partial charge in [0, 0.05) is 18.3 Å². The molecule has 110 valence electrons. The first-order valence-electron chi connectivity index (χ1n) is 6.01. The number of nitro benzene ring substituents is 1. The van der Waals surface area contributed by atoms with E-state index in [1.165, 1.54) is 18.2 Å². The first-order valence-corrected chi connectivity index (χ1v) is 7.18. The lowest BCUT2D eigenvalue weighted by molar-refractivity contribution is -0.384. The van der Waals surface area contributed by atoms with Crippen LogP contribution in [0.3, 0.4) is 0 Å². The van der Waals surface area contributed by atoms with E-state index in [2.05, 4.69) is 21.2 Å². The van der Waals surface area contributed by atoms with Gasteiger partial charge in [0.1, 0.15) is 10.8 Å². The van der Waals surface area contributed by atoms with Gasteiger partial charge >= 0.3 is 0 Å². The molecule has 0 radical (unpaired) electrons. The van der Waals surface area contributed by atoms with E-state index >= 15 is 0 Å². The largest absolute Gasteiger partial charge is 0.381 e. The lowest BCUT2D eigenvalue weighted by Gasteiger charge is -2.11. The number of benzene rings is 2. The van der Waals surface area contributed by atoms with Gasteiger partial charge in [0.25, 0.3) is 5.69 Å². The molecule has 4 nitrogen and oxygen atoms in total. The van der Waals surface area contributed by atoms with E-state index in [0.29, 0.717) is 22.3 Å². The zero-order chi connectivity index (χ0) is 15.6. The summed E-state index contributed by atoms with van der Waals surface area (Å²) in [4.78, 5) is 10.3. The third-order valence-electron chi connectivity index (χ3n) is 2.96. The van der Waals surface area contributed by atoms with Crippen molar-refractivity contribution in [2.75, 3.05) is 5.32 Å². The van der Waals surface area contributed by atoms with Crippen LogP contribution in [0.25, 0.3) is 0 Å². The molecule has 0 amide bonds. The average molecular weight is 374 g/mol. The highest BCUT2D eigenvalue weighted by molar-refractivity contribution is 9.10. The van der Waals surface area contributed by atoms with Crippen LogP contribution in [0.4, 0.5) is 15.8 Å². The summed E-state index contributed by atoms with van der Waals surface area (Å²) in [6.07, 6.45) is 0. The van der Waals surface area contributed by atoms with Crippen LogP contribution < -0.4 is 5.32 Å². The monoisotopic (exact) mass is 372 g/mol. The van der Waals surface area contributed by atoms with Crippen molar-refractivity contribution < 1.29 is 9.31 Å². The van der Waals surface area contributed by atoms with E-state index in [0.717, 1.165) is 5.56 Å². The Bertz CT molecular complexity index is 710. The SMILES string of the molecule is Cc1cc([N+](=O)[O-])c(Cl)cc1NCc1ccc(Br)c(F)c1. The van der Waals surface area contributed by atoms with Gasteiger partial charge in [-0.25, -0.2) is 4.39 Å². The van der Waals surface area contributed by atoms with E-state index < -0.39 is 4.92 Å². The zero-order valence-corrected chi connectivity index (χ0v) is 13.3. The van der Waals surface area contributed by atoms with Gasteiger partial charge in [0.2, 0.25) is 0 Å². The second-order valence-corrected chi connectivity index (χ2v) is 5.74. The molecule has 0 saturated heterocycles. The van der Waals surface area contributed by atoms with E-state index in [1.54, 1.807) is 19.1 Å². The van der Waals surface area contributed by atoms with Crippen molar-refractivity contribution in [1.29, 1.82) is 0 Å². The lowest BCUT2D eigenvalue weighted by Crippen LogP contribution is -2.02. The van der Waals surface area contributed by atoms with Gasteiger partial charge in [0.05, 0.1) is 9.40 Å². The molecule has 21 heavy (non-hydrogen) atoms. The number of halogens is 3. The third kappa shape index (κ3) is 3.71. The minimum absolute atomic E-state index is 0.0649. The summed E-state index contributed by atoms with van der Waals surface area (Å²) in [5.41, 5.74) is 2.00. The van der Waals surface area contributed by atoms with Crippen LogP contribution in [-0.4, -0.2) is 4.92 Å². The minimum atomic E-state index is -0.525. The van der Waals surface area contributed by atoms with Gasteiger partial charge in [-0.15, -0.1) is 0 Å². The van der Waals surface area contributed by atoms with E-state index in [4.69, 9.17) is 11.6 Å². The average Bonchev–Trinajstić information content (AvgIpc) is 2.42. The molecule has 0 atom stereocenters. The van der Waals surface area contributed by atoms with Crippen LogP contribution in [0.5, 0.6) is 0 Å². The Morgan fingerprint density at radius 2 is 2.10 bits per heavy atom. The van der Waals surface area contributed by atoms with Crippen molar-refractivity contribution >= 4 is 38.9 Å². The molecule has 0 aromatic heterocycles. The zero-order valence-electron chi connectivity index (χ0n) is 11.0. The maximum absolute atomic E-state index is 13.4. The summed E-state index contributed by atoms with van der Waals surface area (Å²) in [6.45, 7) is 2.13. The highest BCUT2D eigenvalue weighted by Gasteiger charge is 2.14. The highest BCUT2D eigenvalue weighted by atomic mass is 79.9. The number of aryl methyl sites for hydroxylation is 1. The molecular weight excluding hydrogens is 363 g/mol. The molecular formula is C14H11BrClFN2O2. The van der Waals surface area contributed by atoms with Crippen molar-refractivity contribution in [2.24, 2.45) is 0 Å². The fraction of sp³-hybridized carbons (Fsp3) is 0.143. The third-order valence-corrected chi connectivity index (χ3v) is 3.90. The molecule has 2 aromatic rings. The van der Waals surface area contributed by atoms with Gasteiger partial charge in [-0.05, 0) is 52.2 Å². The number of nitrogens with zero attached hydrogens (tertiary/aromatic N) is 1. The highest BCUT2D eigenvalue weighted by Crippen LogP contribution is 2.30. The molecule has 0 spiro atoms. The Morgan fingerprint density at radius 3 is 2.71 bits per heavy atom. The van der Waals surface area contributed by atoms with Crippen molar-refractivity contribution in [1.82, 2.24) is 0 Å². The Hall–Kier alpha value is -1.66. The standard InChI is InChI=1S/C14H11BrClFN2O2/c1-8-4-14(19(20)21)11(16)6-13(8)18-7-9-2-3-10(15)12(17)5-9/h2-6,18H,7H2,1H3. The molecule has 0 aliphatic heterocycles. The summed E-state index contributed by atoms with van der Waals surface area (Å²) in [5, 5.41) is 13.9. The lowest BCUT2D eigenvalue weighted by atomic mass is 10.1. The van der Waals surface area contributed by atoms with E-state index in [1.807, 2.05) is 0 Å². The minimum Gasteiger partial charge on any atom is -0.381 e. The molecule has 0 aliphatic carbocycles. The van der Waals surface area contributed by atoms with Crippen LogP contribution in [0.2, 0.25) is 5.02 Å². The molecule has 0 saturated carbocycles. The summed E-state index contributed by atoms with van der Waals surface area (Å²) >= 11 is 8.97. The smallest absolute Gasteiger partial charge is 0.288 e. The Labute approximate surface area is 134 Å². The summed E-state index contributed by atoms with van der Waals surface area (Å²) in [5.74, 6) is -0.340. The number of hydrogen-bond donors (Lipinski definition) is 1. The van der Waals surface area contributed by atoms with Crippen LogP contribution in [0.1, 0.15) is 11.1 Å². The normalized spacial score (nSPS) is 10.5. The molecule has 0 fully saturated rings. The molecule has 1 N–H and O–H groups in total. The predicted molar refractivity (Wildman–Crippen MR) is 84.3 cm³/mol. The molecule has 0 aliphatic rings. The number of anilines is 1.